The van der Waals surface area contributed by atoms with E-state index in [1.54, 1.807) is 6.07 Å². The fourth-order valence-corrected chi connectivity index (χ4v) is 2.22. The highest BCUT2D eigenvalue weighted by Gasteiger charge is 2.23. The van der Waals surface area contributed by atoms with Gasteiger partial charge in [0.1, 0.15) is 6.04 Å². The van der Waals surface area contributed by atoms with Crippen molar-refractivity contribution in [2.75, 3.05) is 0 Å². The van der Waals surface area contributed by atoms with Crippen LogP contribution in [0.5, 0.6) is 0 Å². The molecule has 22 heavy (non-hydrogen) atoms. The van der Waals surface area contributed by atoms with Crippen LogP contribution in [-0.4, -0.2) is 23.0 Å². The van der Waals surface area contributed by atoms with E-state index in [4.69, 9.17) is 4.42 Å². The van der Waals surface area contributed by atoms with Crippen molar-refractivity contribution >= 4 is 11.9 Å². The van der Waals surface area contributed by atoms with Crippen LogP contribution in [0, 0.1) is 0 Å². The maximum atomic E-state index is 12.3. The monoisotopic (exact) mass is 301 g/mol. The van der Waals surface area contributed by atoms with Gasteiger partial charge >= 0.3 is 5.97 Å². The minimum Gasteiger partial charge on any atom is -0.480 e. The zero-order valence-electron chi connectivity index (χ0n) is 12.4. The van der Waals surface area contributed by atoms with Crippen molar-refractivity contribution in [3.05, 3.63) is 48.4 Å². The lowest BCUT2D eigenvalue weighted by atomic mass is 10.1. The number of carbonyl (C=O) groups is 2. The van der Waals surface area contributed by atoms with Crippen LogP contribution in [0.3, 0.4) is 0 Å². The average molecular weight is 301 g/mol. The van der Waals surface area contributed by atoms with Crippen LogP contribution in [0.4, 0.5) is 0 Å². The van der Waals surface area contributed by atoms with E-state index in [0.717, 1.165) is 18.4 Å². The molecule has 2 N–H and O–H groups in total. The van der Waals surface area contributed by atoms with Gasteiger partial charge in [-0.15, -0.1) is 0 Å². The smallest absolute Gasteiger partial charge is 0.326 e. The molecule has 0 saturated heterocycles. The SMILES string of the molecule is CCCC[C@H](NC(=O)c1occc1-c1ccccc1)C(=O)O. The zero-order valence-corrected chi connectivity index (χ0v) is 12.4. The quantitative estimate of drug-likeness (QED) is 0.822. The molecule has 0 spiro atoms. The Kier molecular flexibility index (Phi) is 5.36. The predicted octanol–water partition coefficient (Wildman–Crippen LogP) is 3.32. The molecule has 1 heterocycles. The molecule has 0 aliphatic rings. The number of furan rings is 1. The highest BCUT2D eigenvalue weighted by molar-refractivity contribution is 5.99. The van der Waals surface area contributed by atoms with Crippen molar-refractivity contribution < 1.29 is 19.1 Å². The summed E-state index contributed by atoms with van der Waals surface area (Å²) in [4.78, 5) is 23.5. The van der Waals surface area contributed by atoms with E-state index in [1.807, 2.05) is 37.3 Å². The summed E-state index contributed by atoms with van der Waals surface area (Å²) in [6.07, 6.45) is 3.44. The third-order valence-electron chi connectivity index (χ3n) is 3.41. The van der Waals surface area contributed by atoms with Crippen LogP contribution in [0.2, 0.25) is 0 Å². The van der Waals surface area contributed by atoms with Gasteiger partial charge in [-0.05, 0) is 18.1 Å². The van der Waals surface area contributed by atoms with Crippen molar-refractivity contribution in [2.24, 2.45) is 0 Å². The van der Waals surface area contributed by atoms with Crippen molar-refractivity contribution in [1.82, 2.24) is 5.32 Å². The minimum absolute atomic E-state index is 0.133. The van der Waals surface area contributed by atoms with E-state index < -0.39 is 17.9 Å². The number of unbranched alkanes of at least 4 members (excludes halogenated alkanes) is 1. The highest BCUT2D eigenvalue weighted by Crippen LogP contribution is 2.24. The Morgan fingerprint density at radius 2 is 1.95 bits per heavy atom. The third kappa shape index (κ3) is 3.75. The molecule has 0 aliphatic heterocycles. The van der Waals surface area contributed by atoms with E-state index >= 15 is 0 Å². The van der Waals surface area contributed by atoms with Gasteiger partial charge < -0.3 is 14.8 Å². The Morgan fingerprint density at radius 3 is 2.59 bits per heavy atom. The predicted molar refractivity (Wildman–Crippen MR) is 82.6 cm³/mol. The van der Waals surface area contributed by atoms with Crippen molar-refractivity contribution in [1.29, 1.82) is 0 Å². The number of benzene rings is 1. The highest BCUT2D eigenvalue weighted by atomic mass is 16.4. The second-order valence-electron chi connectivity index (χ2n) is 5.04. The third-order valence-corrected chi connectivity index (χ3v) is 3.41. The summed E-state index contributed by atoms with van der Waals surface area (Å²) in [5, 5.41) is 11.7. The molecule has 1 atom stereocenters. The van der Waals surface area contributed by atoms with Gasteiger partial charge in [-0.2, -0.15) is 0 Å². The number of amides is 1. The Hall–Kier alpha value is -2.56. The molecule has 0 bridgehead atoms. The van der Waals surface area contributed by atoms with Crippen LogP contribution in [0.15, 0.2) is 47.1 Å². The van der Waals surface area contributed by atoms with Gasteiger partial charge in [-0.25, -0.2) is 4.79 Å². The lowest BCUT2D eigenvalue weighted by molar-refractivity contribution is -0.139. The van der Waals surface area contributed by atoms with E-state index in [0.29, 0.717) is 12.0 Å². The number of carbonyl (C=O) groups excluding carboxylic acids is 1. The number of carboxylic acids is 1. The normalized spacial score (nSPS) is 11.9. The van der Waals surface area contributed by atoms with Crippen LogP contribution < -0.4 is 5.32 Å². The zero-order chi connectivity index (χ0) is 15.9. The Morgan fingerprint density at radius 1 is 1.23 bits per heavy atom. The fraction of sp³-hybridized carbons (Fsp3) is 0.294. The Labute approximate surface area is 129 Å². The molecular weight excluding hydrogens is 282 g/mol. The number of carboxylic acid groups (broad SMARTS) is 1. The van der Waals surface area contributed by atoms with E-state index in [2.05, 4.69) is 5.32 Å². The molecule has 116 valence electrons. The first-order valence-electron chi connectivity index (χ1n) is 7.30. The molecule has 0 unspecified atom stereocenters. The summed E-state index contributed by atoms with van der Waals surface area (Å²) in [6, 6.07) is 10.2. The van der Waals surface area contributed by atoms with E-state index in [9.17, 15) is 14.7 Å². The number of aliphatic carboxylic acids is 1. The molecule has 1 aromatic heterocycles. The summed E-state index contributed by atoms with van der Waals surface area (Å²) in [7, 11) is 0. The Bertz CT molecular complexity index is 633. The molecule has 1 amide bonds. The van der Waals surface area contributed by atoms with Gasteiger partial charge in [0.2, 0.25) is 0 Å². The van der Waals surface area contributed by atoms with Gasteiger partial charge in [0.05, 0.1) is 6.26 Å². The first-order valence-corrected chi connectivity index (χ1v) is 7.30. The van der Waals surface area contributed by atoms with Crippen LogP contribution in [0.25, 0.3) is 11.1 Å². The largest absolute Gasteiger partial charge is 0.480 e. The second kappa shape index (κ2) is 7.45. The summed E-state index contributed by atoms with van der Waals surface area (Å²) in [5.41, 5.74) is 1.50. The fourth-order valence-electron chi connectivity index (χ4n) is 2.22. The van der Waals surface area contributed by atoms with Crippen LogP contribution in [0.1, 0.15) is 36.7 Å². The average Bonchev–Trinajstić information content (AvgIpc) is 3.01. The molecule has 2 aromatic rings. The molecular formula is C17H19NO4. The van der Waals surface area contributed by atoms with Gasteiger partial charge in [0.15, 0.2) is 5.76 Å². The number of hydrogen-bond acceptors (Lipinski definition) is 3. The first kappa shape index (κ1) is 15.8. The van der Waals surface area contributed by atoms with Gasteiger partial charge in [0.25, 0.3) is 5.91 Å². The van der Waals surface area contributed by atoms with Gasteiger partial charge in [-0.1, -0.05) is 50.1 Å². The maximum absolute atomic E-state index is 12.3. The van der Waals surface area contributed by atoms with Crippen molar-refractivity contribution in [3.63, 3.8) is 0 Å². The summed E-state index contributed by atoms with van der Waals surface area (Å²) in [6.45, 7) is 1.97. The molecule has 0 radical (unpaired) electrons. The topological polar surface area (TPSA) is 79.5 Å². The number of nitrogens with one attached hydrogen (secondary N) is 1. The summed E-state index contributed by atoms with van der Waals surface area (Å²) in [5.74, 6) is -1.41. The van der Waals surface area contributed by atoms with Crippen LogP contribution >= 0.6 is 0 Å². The van der Waals surface area contributed by atoms with Crippen molar-refractivity contribution in [3.8, 4) is 11.1 Å². The molecule has 5 heteroatoms. The van der Waals surface area contributed by atoms with Gasteiger partial charge in [0, 0.05) is 5.56 Å². The molecule has 0 aliphatic carbocycles. The lowest BCUT2D eigenvalue weighted by Crippen LogP contribution is -2.40. The molecule has 1 aromatic carbocycles. The van der Waals surface area contributed by atoms with E-state index in [-0.39, 0.29) is 5.76 Å². The standard InChI is InChI=1S/C17H19NO4/c1-2-3-9-14(17(20)21)18-16(19)15-13(10-11-22-15)12-7-5-4-6-8-12/h4-8,10-11,14H,2-3,9H2,1H3,(H,18,19)(H,20,21)/t14-/m0/s1. The molecule has 5 nitrogen and oxygen atoms in total. The molecule has 2 rings (SSSR count). The molecule has 0 fully saturated rings. The number of rotatable bonds is 7. The summed E-state index contributed by atoms with van der Waals surface area (Å²) >= 11 is 0. The Balaban J connectivity index is 2.16. The first-order chi connectivity index (χ1) is 10.6. The van der Waals surface area contributed by atoms with Gasteiger partial charge in [-0.3, -0.25) is 4.79 Å². The lowest BCUT2D eigenvalue weighted by Gasteiger charge is -2.13. The molecule has 0 saturated carbocycles. The van der Waals surface area contributed by atoms with Crippen molar-refractivity contribution in [2.45, 2.75) is 32.2 Å². The summed E-state index contributed by atoms with van der Waals surface area (Å²) < 4.78 is 5.26. The minimum atomic E-state index is -1.03. The second-order valence-corrected chi connectivity index (χ2v) is 5.04. The van der Waals surface area contributed by atoms with Crippen LogP contribution in [-0.2, 0) is 4.79 Å². The maximum Gasteiger partial charge on any atom is 0.326 e. The number of hydrogen-bond donors (Lipinski definition) is 2. The van der Waals surface area contributed by atoms with E-state index in [1.165, 1.54) is 6.26 Å².